The van der Waals surface area contributed by atoms with Crippen molar-refractivity contribution < 1.29 is 4.74 Å². The lowest BCUT2D eigenvalue weighted by Crippen LogP contribution is -2.36. The predicted molar refractivity (Wildman–Crippen MR) is 123 cm³/mol. The molecule has 3 rings (SSSR count). The second kappa shape index (κ2) is 11.3. The lowest BCUT2D eigenvalue weighted by Gasteiger charge is -2.12. The second-order valence-corrected chi connectivity index (χ2v) is 8.05. The minimum atomic E-state index is 0.441. The van der Waals surface area contributed by atoms with Gasteiger partial charge < -0.3 is 15.4 Å². The van der Waals surface area contributed by atoms with Gasteiger partial charge in [-0.2, -0.15) is 0 Å². The normalized spacial score (nSPS) is 11.5. The number of nitrogens with one attached hydrogen (secondary N) is 2. The number of ether oxygens (including phenoxy) is 1. The van der Waals surface area contributed by atoms with E-state index in [4.69, 9.17) is 9.73 Å². The van der Waals surface area contributed by atoms with Crippen LogP contribution in [0, 0.1) is 0 Å². The highest BCUT2D eigenvalue weighted by molar-refractivity contribution is 7.09. The summed E-state index contributed by atoms with van der Waals surface area (Å²) < 4.78 is 5.94. The van der Waals surface area contributed by atoms with Crippen LogP contribution in [0.15, 0.2) is 59.0 Å². The Morgan fingerprint density at radius 1 is 1.13 bits per heavy atom. The molecule has 0 amide bonds. The van der Waals surface area contributed by atoms with Crippen molar-refractivity contribution in [3.63, 3.8) is 0 Å². The molecule has 0 unspecified atom stereocenters. The van der Waals surface area contributed by atoms with Gasteiger partial charge in [-0.15, -0.1) is 11.3 Å². The number of benzene rings is 1. The zero-order valence-electron chi connectivity index (χ0n) is 17.8. The molecule has 0 aliphatic rings. The monoisotopic (exact) mass is 423 g/mol. The molecule has 0 fully saturated rings. The van der Waals surface area contributed by atoms with Crippen LogP contribution in [0.4, 0.5) is 0 Å². The molecular formula is C23H29N5OS. The quantitative estimate of drug-likeness (QED) is 0.392. The first kappa shape index (κ1) is 21.8. The average molecular weight is 424 g/mol. The van der Waals surface area contributed by atoms with Crippen molar-refractivity contribution in [3.05, 3.63) is 75.9 Å². The number of hydrogen-bond acceptors (Lipinski definition) is 5. The number of aromatic nitrogens is 2. The summed E-state index contributed by atoms with van der Waals surface area (Å²) >= 11 is 1.67. The van der Waals surface area contributed by atoms with Crippen molar-refractivity contribution in [2.24, 2.45) is 4.99 Å². The third-order valence-electron chi connectivity index (χ3n) is 4.39. The van der Waals surface area contributed by atoms with Gasteiger partial charge in [0, 0.05) is 23.7 Å². The van der Waals surface area contributed by atoms with Crippen LogP contribution in [-0.4, -0.2) is 22.5 Å². The average Bonchev–Trinajstić information content (AvgIpc) is 3.25. The van der Waals surface area contributed by atoms with Gasteiger partial charge in [0.05, 0.1) is 18.8 Å². The SMILES string of the molecule is CCNC(=NCc1cccnc1OCc1ccccc1)NCc1nc(C(C)C)cs1. The summed E-state index contributed by atoms with van der Waals surface area (Å²) in [5.74, 6) is 1.80. The molecule has 2 N–H and O–H groups in total. The van der Waals surface area contributed by atoms with Crippen LogP contribution in [0.5, 0.6) is 5.88 Å². The van der Waals surface area contributed by atoms with Gasteiger partial charge in [-0.05, 0) is 24.5 Å². The first-order chi connectivity index (χ1) is 14.7. The molecule has 0 bridgehead atoms. The molecule has 0 aliphatic carbocycles. The highest BCUT2D eigenvalue weighted by Crippen LogP contribution is 2.18. The van der Waals surface area contributed by atoms with Gasteiger partial charge >= 0.3 is 0 Å². The molecule has 2 aromatic heterocycles. The molecule has 30 heavy (non-hydrogen) atoms. The summed E-state index contributed by atoms with van der Waals surface area (Å²) in [6, 6.07) is 14.0. The third kappa shape index (κ3) is 6.56. The molecule has 0 radical (unpaired) electrons. The van der Waals surface area contributed by atoms with Crippen LogP contribution in [0.3, 0.4) is 0 Å². The Bertz CT molecular complexity index is 940. The largest absolute Gasteiger partial charge is 0.473 e. The van der Waals surface area contributed by atoms with Crippen molar-refractivity contribution in [1.29, 1.82) is 0 Å². The fraction of sp³-hybridized carbons (Fsp3) is 0.348. The highest BCUT2D eigenvalue weighted by Gasteiger charge is 2.08. The summed E-state index contributed by atoms with van der Waals surface area (Å²) in [7, 11) is 0. The first-order valence-corrected chi connectivity index (χ1v) is 11.1. The van der Waals surface area contributed by atoms with Crippen LogP contribution in [0.2, 0.25) is 0 Å². The maximum atomic E-state index is 5.94. The van der Waals surface area contributed by atoms with E-state index < -0.39 is 0 Å². The van der Waals surface area contributed by atoms with Gasteiger partial charge in [-0.3, -0.25) is 0 Å². The van der Waals surface area contributed by atoms with Crippen LogP contribution in [0.25, 0.3) is 0 Å². The number of rotatable bonds is 9. The second-order valence-electron chi connectivity index (χ2n) is 7.11. The van der Waals surface area contributed by atoms with Crippen molar-refractivity contribution in [2.75, 3.05) is 6.54 Å². The molecule has 2 heterocycles. The van der Waals surface area contributed by atoms with E-state index in [1.807, 2.05) is 42.5 Å². The molecule has 0 spiro atoms. The van der Waals surface area contributed by atoms with Crippen molar-refractivity contribution >= 4 is 17.3 Å². The van der Waals surface area contributed by atoms with Crippen molar-refractivity contribution in [3.8, 4) is 5.88 Å². The van der Waals surface area contributed by atoms with Crippen LogP contribution in [0.1, 0.15) is 48.5 Å². The Morgan fingerprint density at radius 3 is 2.70 bits per heavy atom. The van der Waals surface area contributed by atoms with E-state index in [1.54, 1.807) is 17.5 Å². The summed E-state index contributed by atoms with van der Waals surface area (Å²) in [4.78, 5) is 13.8. The Kier molecular flexibility index (Phi) is 8.20. The summed E-state index contributed by atoms with van der Waals surface area (Å²) in [6.45, 7) is 8.75. The van der Waals surface area contributed by atoms with Gasteiger partial charge in [0.25, 0.3) is 0 Å². The third-order valence-corrected chi connectivity index (χ3v) is 5.26. The standard InChI is InChI=1S/C23H29N5OS/c1-4-24-23(27-14-21-28-20(16-30-21)17(2)3)26-13-19-11-8-12-25-22(19)29-15-18-9-6-5-7-10-18/h5-12,16-17H,4,13-15H2,1-3H3,(H2,24,26,27). The fourth-order valence-corrected chi connectivity index (χ4v) is 3.63. The molecule has 0 saturated carbocycles. The number of aliphatic imine (C=N–C) groups is 1. The smallest absolute Gasteiger partial charge is 0.218 e. The van der Waals surface area contributed by atoms with Gasteiger partial charge in [-0.25, -0.2) is 15.0 Å². The Morgan fingerprint density at radius 2 is 1.97 bits per heavy atom. The maximum Gasteiger partial charge on any atom is 0.218 e. The van der Waals surface area contributed by atoms with Crippen LogP contribution in [-0.2, 0) is 19.7 Å². The minimum absolute atomic E-state index is 0.441. The van der Waals surface area contributed by atoms with E-state index in [9.17, 15) is 0 Å². The number of pyridine rings is 1. The molecule has 0 atom stereocenters. The van der Waals surface area contributed by atoms with E-state index in [2.05, 4.69) is 46.8 Å². The minimum Gasteiger partial charge on any atom is -0.473 e. The zero-order chi connectivity index (χ0) is 21.2. The summed E-state index contributed by atoms with van der Waals surface area (Å²) in [5.41, 5.74) is 3.19. The highest BCUT2D eigenvalue weighted by atomic mass is 32.1. The lowest BCUT2D eigenvalue weighted by molar-refractivity contribution is 0.290. The molecular weight excluding hydrogens is 394 g/mol. The van der Waals surface area contributed by atoms with E-state index in [0.717, 1.165) is 34.3 Å². The Balaban J connectivity index is 1.62. The van der Waals surface area contributed by atoms with Gasteiger partial charge in [0.15, 0.2) is 5.96 Å². The molecule has 0 saturated heterocycles. The number of guanidine groups is 1. The number of thiazole rings is 1. The summed E-state index contributed by atoms with van der Waals surface area (Å²) in [6.07, 6.45) is 1.74. The zero-order valence-corrected chi connectivity index (χ0v) is 18.6. The fourth-order valence-electron chi connectivity index (χ4n) is 2.74. The predicted octanol–water partition coefficient (Wildman–Crippen LogP) is 4.50. The van der Waals surface area contributed by atoms with Gasteiger partial charge in [0.2, 0.25) is 5.88 Å². The molecule has 6 nitrogen and oxygen atoms in total. The Labute approximate surface area is 182 Å². The van der Waals surface area contributed by atoms with E-state index in [-0.39, 0.29) is 0 Å². The first-order valence-electron chi connectivity index (χ1n) is 10.2. The van der Waals surface area contributed by atoms with Crippen LogP contribution < -0.4 is 15.4 Å². The van der Waals surface area contributed by atoms with Crippen molar-refractivity contribution in [1.82, 2.24) is 20.6 Å². The van der Waals surface area contributed by atoms with Crippen molar-refractivity contribution in [2.45, 2.75) is 46.4 Å². The summed E-state index contributed by atoms with van der Waals surface area (Å²) in [5, 5.41) is 9.82. The lowest BCUT2D eigenvalue weighted by atomic mass is 10.2. The molecule has 3 aromatic rings. The number of hydrogen-bond donors (Lipinski definition) is 2. The van der Waals surface area contributed by atoms with Gasteiger partial charge in [0.1, 0.15) is 11.6 Å². The topological polar surface area (TPSA) is 71.4 Å². The maximum absolute atomic E-state index is 5.94. The van der Waals surface area contributed by atoms with E-state index in [0.29, 0.717) is 31.5 Å². The molecule has 1 aromatic carbocycles. The molecule has 158 valence electrons. The molecule has 0 aliphatic heterocycles. The Hall–Kier alpha value is -2.93. The van der Waals surface area contributed by atoms with E-state index in [1.165, 1.54) is 0 Å². The number of nitrogens with zero attached hydrogens (tertiary/aromatic N) is 3. The van der Waals surface area contributed by atoms with E-state index >= 15 is 0 Å². The molecule has 7 heteroatoms. The van der Waals surface area contributed by atoms with Gasteiger partial charge in [-0.1, -0.05) is 50.2 Å². The van der Waals surface area contributed by atoms with Crippen LogP contribution >= 0.6 is 11.3 Å².